The van der Waals surface area contributed by atoms with E-state index in [1.54, 1.807) is 36.4 Å². The number of rotatable bonds is 3. The molecule has 3 N–H and O–H groups in total. The Morgan fingerprint density at radius 1 is 1.18 bits per heavy atom. The minimum Gasteiger partial charge on any atom is -0.506 e. The van der Waals surface area contributed by atoms with Crippen molar-refractivity contribution in [3.05, 3.63) is 48.5 Å². The Kier molecular flexibility index (Phi) is 3.65. The van der Waals surface area contributed by atoms with Gasteiger partial charge in [0.05, 0.1) is 23.6 Å². The molecule has 0 aromatic heterocycles. The highest BCUT2D eigenvalue weighted by atomic mass is 16.3. The summed E-state index contributed by atoms with van der Waals surface area (Å²) in [4.78, 5) is 25.5. The van der Waals surface area contributed by atoms with Crippen molar-refractivity contribution < 1.29 is 14.7 Å². The number of hydrogen-bond donors (Lipinski definition) is 3. The number of aromatic hydroxyl groups is 1. The monoisotopic (exact) mass is 297 g/mol. The van der Waals surface area contributed by atoms with Gasteiger partial charge in [-0.05, 0) is 24.3 Å². The average Bonchev–Trinajstić information content (AvgIpc) is 2.53. The van der Waals surface area contributed by atoms with E-state index in [2.05, 4.69) is 10.6 Å². The maximum atomic E-state index is 12.4. The second kappa shape index (κ2) is 5.77. The molecule has 2 aromatic rings. The van der Waals surface area contributed by atoms with Crippen LogP contribution in [-0.4, -0.2) is 30.0 Å². The molecule has 2 aromatic carbocycles. The van der Waals surface area contributed by atoms with Crippen molar-refractivity contribution in [2.45, 2.75) is 0 Å². The molecule has 0 saturated carbocycles. The third kappa shape index (κ3) is 2.71. The van der Waals surface area contributed by atoms with Gasteiger partial charge in [-0.1, -0.05) is 24.3 Å². The fraction of sp³-hybridized carbons (Fsp3) is 0.125. The van der Waals surface area contributed by atoms with Crippen LogP contribution in [0.2, 0.25) is 0 Å². The van der Waals surface area contributed by atoms with Gasteiger partial charge >= 0.3 is 0 Å². The van der Waals surface area contributed by atoms with Gasteiger partial charge in [-0.25, -0.2) is 0 Å². The molecule has 1 aliphatic heterocycles. The maximum absolute atomic E-state index is 12.4. The van der Waals surface area contributed by atoms with Crippen LogP contribution in [0, 0.1) is 0 Å². The summed E-state index contributed by atoms with van der Waals surface area (Å²) in [6, 6.07) is 13.8. The average molecular weight is 297 g/mol. The zero-order valence-electron chi connectivity index (χ0n) is 11.7. The number of nitrogens with zero attached hydrogens (tertiary/aromatic N) is 1. The second-order valence-electron chi connectivity index (χ2n) is 4.92. The summed E-state index contributed by atoms with van der Waals surface area (Å²) in [5.74, 6) is -0.396. The highest BCUT2D eigenvalue weighted by molar-refractivity contribution is 6.10. The van der Waals surface area contributed by atoms with Gasteiger partial charge in [0.25, 0.3) is 0 Å². The van der Waals surface area contributed by atoms with Crippen LogP contribution in [0.5, 0.6) is 5.75 Å². The molecule has 3 rings (SSSR count). The lowest BCUT2D eigenvalue weighted by molar-refractivity contribution is -0.120. The van der Waals surface area contributed by atoms with Crippen LogP contribution < -0.4 is 15.5 Å². The largest absolute Gasteiger partial charge is 0.506 e. The Morgan fingerprint density at radius 2 is 1.91 bits per heavy atom. The van der Waals surface area contributed by atoms with Crippen LogP contribution in [0.25, 0.3) is 0 Å². The van der Waals surface area contributed by atoms with E-state index in [4.69, 9.17) is 0 Å². The molecule has 6 heteroatoms. The zero-order chi connectivity index (χ0) is 15.5. The third-order valence-electron chi connectivity index (χ3n) is 3.41. The highest BCUT2D eigenvalue weighted by Crippen LogP contribution is 2.29. The lowest BCUT2D eigenvalue weighted by Gasteiger charge is -2.29. The van der Waals surface area contributed by atoms with Crippen molar-refractivity contribution in [3.63, 3.8) is 0 Å². The van der Waals surface area contributed by atoms with Crippen LogP contribution in [0.15, 0.2) is 48.5 Å². The molecule has 1 heterocycles. The molecular weight excluding hydrogens is 282 g/mol. The van der Waals surface area contributed by atoms with E-state index in [0.29, 0.717) is 17.1 Å². The van der Waals surface area contributed by atoms with E-state index >= 15 is 0 Å². The molecular formula is C16H15N3O3. The van der Waals surface area contributed by atoms with E-state index < -0.39 is 0 Å². The topological polar surface area (TPSA) is 81.7 Å². The van der Waals surface area contributed by atoms with Crippen LogP contribution >= 0.6 is 0 Å². The number of carbonyl (C=O) groups is 2. The highest BCUT2D eigenvalue weighted by Gasteiger charge is 2.26. The first-order valence-electron chi connectivity index (χ1n) is 6.86. The van der Waals surface area contributed by atoms with E-state index in [1.165, 1.54) is 11.0 Å². The van der Waals surface area contributed by atoms with Gasteiger partial charge in [0.15, 0.2) is 0 Å². The molecule has 1 aliphatic rings. The van der Waals surface area contributed by atoms with E-state index in [1.807, 2.05) is 6.07 Å². The van der Waals surface area contributed by atoms with E-state index in [-0.39, 0.29) is 30.7 Å². The summed E-state index contributed by atoms with van der Waals surface area (Å²) in [6.07, 6.45) is 0. The molecule has 0 radical (unpaired) electrons. The van der Waals surface area contributed by atoms with Gasteiger partial charge < -0.3 is 15.7 Å². The quantitative estimate of drug-likeness (QED) is 0.754. The summed E-state index contributed by atoms with van der Waals surface area (Å²) in [7, 11) is 0. The van der Waals surface area contributed by atoms with Gasteiger partial charge in [-0.2, -0.15) is 0 Å². The molecule has 0 saturated heterocycles. The maximum Gasteiger partial charge on any atom is 0.246 e. The van der Waals surface area contributed by atoms with Gasteiger partial charge in [0.1, 0.15) is 12.3 Å². The minimum absolute atomic E-state index is 0.0147. The normalized spacial score (nSPS) is 13.3. The summed E-state index contributed by atoms with van der Waals surface area (Å²) in [5.41, 5.74) is 1.77. The Morgan fingerprint density at radius 3 is 2.73 bits per heavy atom. The smallest absolute Gasteiger partial charge is 0.246 e. The number of hydrogen-bond acceptors (Lipinski definition) is 4. The summed E-state index contributed by atoms with van der Waals surface area (Å²) in [5, 5.41) is 15.3. The van der Waals surface area contributed by atoms with Crippen molar-refractivity contribution in [1.82, 2.24) is 0 Å². The lowest BCUT2D eigenvalue weighted by Crippen LogP contribution is -2.44. The van der Waals surface area contributed by atoms with Gasteiger partial charge in [0, 0.05) is 0 Å². The number of benzene rings is 2. The molecule has 0 aliphatic carbocycles. The van der Waals surface area contributed by atoms with E-state index in [0.717, 1.165) is 0 Å². The number of nitrogens with one attached hydrogen (secondary N) is 2. The summed E-state index contributed by atoms with van der Waals surface area (Å²) in [6.45, 7) is -0.0303. The van der Waals surface area contributed by atoms with Crippen molar-refractivity contribution in [3.8, 4) is 5.75 Å². The Bertz CT molecular complexity index is 730. The van der Waals surface area contributed by atoms with Gasteiger partial charge in [-0.3, -0.25) is 14.5 Å². The molecule has 2 amide bonds. The predicted octanol–water partition coefficient (Wildman–Crippen LogP) is 1.79. The first kappa shape index (κ1) is 13.9. The predicted molar refractivity (Wildman–Crippen MR) is 84.0 cm³/mol. The van der Waals surface area contributed by atoms with Crippen molar-refractivity contribution >= 4 is 28.9 Å². The van der Waals surface area contributed by atoms with Crippen LogP contribution in [0.1, 0.15) is 0 Å². The standard InChI is InChI=1S/C16H15N3O3/c20-14-8-4-2-6-12(14)17-9-16(22)19-10-15(21)18-11-5-1-3-7-13(11)19/h1-8,17,20H,9-10H2,(H,18,21). The number of phenolic OH excluding ortho intramolecular Hbond substituents is 1. The Labute approximate surface area is 127 Å². The molecule has 6 nitrogen and oxygen atoms in total. The fourth-order valence-corrected chi connectivity index (χ4v) is 2.35. The van der Waals surface area contributed by atoms with Crippen molar-refractivity contribution in [1.29, 1.82) is 0 Å². The molecule has 0 fully saturated rings. The third-order valence-corrected chi connectivity index (χ3v) is 3.41. The first-order chi connectivity index (χ1) is 10.6. The lowest BCUT2D eigenvalue weighted by atomic mass is 10.2. The number of anilines is 3. The fourth-order valence-electron chi connectivity index (χ4n) is 2.35. The van der Waals surface area contributed by atoms with Crippen LogP contribution in [0.4, 0.5) is 17.1 Å². The number of carbonyl (C=O) groups excluding carboxylic acids is 2. The molecule has 22 heavy (non-hydrogen) atoms. The first-order valence-corrected chi connectivity index (χ1v) is 6.86. The van der Waals surface area contributed by atoms with Crippen LogP contribution in [0.3, 0.4) is 0 Å². The van der Waals surface area contributed by atoms with Gasteiger partial charge in [-0.15, -0.1) is 0 Å². The van der Waals surface area contributed by atoms with Gasteiger partial charge in [0.2, 0.25) is 11.8 Å². The van der Waals surface area contributed by atoms with E-state index in [9.17, 15) is 14.7 Å². The number of fused-ring (bicyclic) bond motifs is 1. The molecule has 0 atom stereocenters. The second-order valence-corrected chi connectivity index (χ2v) is 4.92. The SMILES string of the molecule is O=C1CN(C(=O)CNc2ccccc2O)c2ccccc2N1. The molecule has 0 spiro atoms. The summed E-state index contributed by atoms with van der Waals surface area (Å²) < 4.78 is 0. The Hall–Kier alpha value is -3.02. The number of phenols is 1. The van der Waals surface area contributed by atoms with Crippen LogP contribution in [-0.2, 0) is 9.59 Å². The molecule has 0 bridgehead atoms. The van der Waals surface area contributed by atoms with Crippen molar-refractivity contribution in [2.24, 2.45) is 0 Å². The summed E-state index contributed by atoms with van der Waals surface area (Å²) >= 11 is 0. The van der Waals surface area contributed by atoms with Crippen molar-refractivity contribution in [2.75, 3.05) is 28.6 Å². The molecule has 0 unspecified atom stereocenters. The minimum atomic E-state index is -0.245. The molecule has 112 valence electrons. The zero-order valence-corrected chi connectivity index (χ0v) is 11.7. The Balaban J connectivity index is 1.75. The number of amides is 2. The number of para-hydroxylation sites is 4.